The fourth-order valence-corrected chi connectivity index (χ4v) is 1.10. The number of rotatable bonds is 0. The molecule has 0 saturated heterocycles. The molecule has 1 rings (SSSR count). The highest BCUT2D eigenvalue weighted by atomic mass is 15.1. The van der Waals surface area contributed by atoms with Crippen LogP contribution in [0.3, 0.4) is 0 Å². The number of likely N-dealkylation sites (N-methyl/N-ethyl adjacent to an activating group) is 1. The van der Waals surface area contributed by atoms with Gasteiger partial charge in [0.1, 0.15) is 0 Å². The maximum atomic E-state index is 2.32. The second-order valence-electron chi connectivity index (χ2n) is 2.63. The van der Waals surface area contributed by atoms with E-state index in [9.17, 15) is 0 Å². The van der Waals surface area contributed by atoms with Crippen LogP contribution in [0.5, 0.6) is 0 Å². The van der Waals surface area contributed by atoms with Gasteiger partial charge in [0.05, 0.1) is 0 Å². The number of nitrogens with zero attached hydrogens (tertiary/aromatic N) is 1. The summed E-state index contributed by atoms with van der Waals surface area (Å²) in [6, 6.07) is 0. The first kappa shape index (κ1) is 5.83. The third-order valence-corrected chi connectivity index (χ3v) is 1.48. The second-order valence-corrected chi connectivity index (χ2v) is 2.63. The van der Waals surface area contributed by atoms with Crippen LogP contribution in [0.2, 0.25) is 0 Å². The smallest absolute Gasteiger partial charge is 0.0160 e. The quantitative estimate of drug-likeness (QED) is 0.423. The van der Waals surface area contributed by atoms with Gasteiger partial charge in [-0.2, -0.15) is 0 Å². The van der Waals surface area contributed by atoms with Crippen molar-refractivity contribution in [2.45, 2.75) is 6.92 Å². The molecule has 1 nitrogen and oxygen atoms in total. The van der Waals surface area contributed by atoms with Crippen LogP contribution in [0.15, 0.2) is 12.2 Å². The van der Waals surface area contributed by atoms with Gasteiger partial charge in [-0.05, 0) is 13.0 Å². The van der Waals surface area contributed by atoms with E-state index in [4.69, 9.17) is 0 Å². The molecule has 0 N–H and O–H groups in total. The van der Waals surface area contributed by atoms with Crippen molar-refractivity contribution in [3.8, 4) is 0 Å². The third kappa shape index (κ3) is 1.34. The standard InChI is InChI=1S/C7H13N/c1-7-4-3-5-8(2)6-7/h3-4,7H,5-6H2,1-2H3/t7-/m0/s1. The molecule has 0 fully saturated rings. The lowest BCUT2D eigenvalue weighted by Crippen LogP contribution is -2.26. The van der Waals surface area contributed by atoms with Crippen LogP contribution < -0.4 is 0 Å². The molecule has 0 aromatic carbocycles. The Morgan fingerprint density at radius 1 is 1.62 bits per heavy atom. The van der Waals surface area contributed by atoms with Gasteiger partial charge in [-0.25, -0.2) is 0 Å². The third-order valence-electron chi connectivity index (χ3n) is 1.48. The van der Waals surface area contributed by atoms with Crippen molar-refractivity contribution >= 4 is 0 Å². The summed E-state index contributed by atoms with van der Waals surface area (Å²) in [5.41, 5.74) is 0. The number of hydrogen-bond acceptors (Lipinski definition) is 1. The predicted molar refractivity (Wildman–Crippen MR) is 35.8 cm³/mol. The van der Waals surface area contributed by atoms with Crippen molar-refractivity contribution in [2.75, 3.05) is 20.1 Å². The van der Waals surface area contributed by atoms with E-state index in [1.807, 2.05) is 0 Å². The minimum Gasteiger partial charge on any atom is -0.302 e. The molecule has 0 aliphatic carbocycles. The van der Waals surface area contributed by atoms with E-state index in [0.717, 1.165) is 12.5 Å². The van der Waals surface area contributed by atoms with Gasteiger partial charge < -0.3 is 4.90 Å². The molecule has 0 saturated carbocycles. The lowest BCUT2D eigenvalue weighted by Gasteiger charge is -2.21. The summed E-state index contributed by atoms with van der Waals surface area (Å²) in [7, 11) is 2.15. The van der Waals surface area contributed by atoms with Gasteiger partial charge in [0, 0.05) is 13.1 Å². The Labute approximate surface area is 51.0 Å². The summed E-state index contributed by atoms with van der Waals surface area (Å²) < 4.78 is 0. The summed E-state index contributed by atoms with van der Waals surface area (Å²) in [4.78, 5) is 2.32. The van der Waals surface area contributed by atoms with Crippen LogP contribution in [0.4, 0.5) is 0 Å². The Kier molecular flexibility index (Phi) is 1.69. The normalized spacial score (nSPS) is 31.0. The molecule has 0 amide bonds. The van der Waals surface area contributed by atoms with Crippen LogP contribution in [-0.4, -0.2) is 25.0 Å². The molecule has 0 radical (unpaired) electrons. The second kappa shape index (κ2) is 2.31. The molecule has 0 aromatic heterocycles. The zero-order chi connectivity index (χ0) is 5.98. The largest absolute Gasteiger partial charge is 0.302 e. The molecule has 8 heavy (non-hydrogen) atoms. The Morgan fingerprint density at radius 3 is 2.75 bits per heavy atom. The number of hydrogen-bond donors (Lipinski definition) is 0. The first-order chi connectivity index (χ1) is 3.79. The van der Waals surface area contributed by atoms with E-state index in [1.165, 1.54) is 6.54 Å². The van der Waals surface area contributed by atoms with Crippen molar-refractivity contribution in [3.63, 3.8) is 0 Å². The lowest BCUT2D eigenvalue weighted by atomic mass is 10.1. The fraction of sp³-hybridized carbons (Fsp3) is 0.714. The summed E-state index contributed by atoms with van der Waals surface area (Å²) in [6.07, 6.45) is 4.51. The molecular formula is C7H13N. The fourth-order valence-electron chi connectivity index (χ4n) is 1.10. The SMILES string of the molecule is C[C@H]1C=CCN(C)C1. The zero-order valence-corrected chi connectivity index (χ0v) is 5.59. The maximum absolute atomic E-state index is 2.32. The van der Waals surface area contributed by atoms with Gasteiger partial charge in [0.25, 0.3) is 0 Å². The Hall–Kier alpha value is -0.300. The molecule has 1 heteroatoms. The lowest BCUT2D eigenvalue weighted by molar-refractivity contribution is 0.323. The molecule has 0 bridgehead atoms. The minimum absolute atomic E-state index is 0.758. The molecule has 1 aliphatic rings. The van der Waals surface area contributed by atoms with Gasteiger partial charge in [0.2, 0.25) is 0 Å². The van der Waals surface area contributed by atoms with E-state index in [1.54, 1.807) is 0 Å². The van der Waals surface area contributed by atoms with Crippen molar-refractivity contribution in [2.24, 2.45) is 5.92 Å². The molecule has 0 aromatic rings. The van der Waals surface area contributed by atoms with Crippen LogP contribution >= 0.6 is 0 Å². The van der Waals surface area contributed by atoms with Crippen LogP contribution in [0.1, 0.15) is 6.92 Å². The van der Waals surface area contributed by atoms with Gasteiger partial charge in [-0.1, -0.05) is 19.1 Å². The zero-order valence-electron chi connectivity index (χ0n) is 5.59. The average Bonchev–Trinajstić information content (AvgIpc) is 1.64. The van der Waals surface area contributed by atoms with E-state index in [2.05, 4.69) is 31.0 Å². The van der Waals surface area contributed by atoms with Crippen LogP contribution in [0.25, 0.3) is 0 Å². The van der Waals surface area contributed by atoms with Gasteiger partial charge >= 0.3 is 0 Å². The molecule has 1 atom stereocenters. The van der Waals surface area contributed by atoms with Crippen molar-refractivity contribution in [1.82, 2.24) is 4.90 Å². The molecule has 0 spiro atoms. The summed E-state index contributed by atoms with van der Waals surface area (Å²) in [5.74, 6) is 0.758. The van der Waals surface area contributed by atoms with Crippen molar-refractivity contribution < 1.29 is 0 Å². The molecule has 46 valence electrons. The van der Waals surface area contributed by atoms with E-state index in [0.29, 0.717) is 0 Å². The monoisotopic (exact) mass is 111 g/mol. The van der Waals surface area contributed by atoms with Crippen molar-refractivity contribution in [3.05, 3.63) is 12.2 Å². The predicted octanol–water partition coefficient (Wildman–Crippen LogP) is 1.12. The van der Waals surface area contributed by atoms with Gasteiger partial charge in [-0.3, -0.25) is 0 Å². The molecule has 0 unspecified atom stereocenters. The first-order valence-electron chi connectivity index (χ1n) is 3.14. The van der Waals surface area contributed by atoms with Gasteiger partial charge in [0.15, 0.2) is 0 Å². The van der Waals surface area contributed by atoms with E-state index < -0.39 is 0 Å². The van der Waals surface area contributed by atoms with E-state index >= 15 is 0 Å². The van der Waals surface area contributed by atoms with Crippen LogP contribution in [0, 0.1) is 5.92 Å². The highest BCUT2D eigenvalue weighted by molar-refractivity contribution is 4.93. The summed E-state index contributed by atoms with van der Waals surface area (Å²) in [6.45, 7) is 4.59. The Bertz CT molecular complexity index is 96.6. The minimum atomic E-state index is 0.758. The van der Waals surface area contributed by atoms with E-state index in [-0.39, 0.29) is 0 Å². The van der Waals surface area contributed by atoms with Gasteiger partial charge in [-0.15, -0.1) is 0 Å². The highest BCUT2D eigenvalue weighted by Gasteiger charge is 2.04. The summed E-state index contributed by atoms with van der Waals surface area (Å²) in [5, 5.41) is 0. The Balaban J connectivity index is 2.42. The highest BCUT2D eigenvalue weighted by Crippen LogP contribution is 2.04. The molecule has 1 heterocycles. The maximum Gasteiger partial charge on any atom is 0.0160 e. The average molecular weight is 111 g/mol. The van der Waals surface area contributed by atoms with Crippen molar-refractivity contribution in [1.29, 1.82) is 0 Å². The molecule has 1 aliphatic heterocycles. The topological polar surface area (TPSA) is 3.24 Å². The molecular weight excluding hydrogens is 98.1 g/mol. The summed E-state index contributed by atoms with van der Waals surface area (Å²) >= 11 is 0. The Morgan fingerprint density at radius 2 is 2.38 bits per heavy atom. The van der Waals surface area contributed by atoms with Crippen LogP contribution in [-0.2, 0) is 0 Å². The first-order valence-corrected chi connectivity index (χ1v) is 3.14.